The molecule has 3 amide bonds. The molecule has 8 atom stereocenters. The summed E-state index contributed by atoms with van der Waals surface area (Å²) in [7, 11) is 0. The van der Waals surface area contributed by atoms with Crippen molar-refractivity contribution in [1.82, 2.24) is 10.2 Å². The fraction of sp³-hybridized carbons (Fsp3) is 0.452. The zero-order valence-corrected chi connectivity index (χ0v) is 22.9. The number of ether oxygens (including phenoxy) is 1. The quantitative estimate of drug-likeness (QED) is 0.519. The van der Waals surface area contributed by atoms with Crippen LogP contribution in [-0.4, -0.2) is 46.4 Å². The standard InChI is InChI=1S/C31H34ClN3O4/c1-18-7-6-10-23(19(18)2)34-29(37)27-31-16-15-24(39-31)25(28(36)33-22-13-11-21(32)12-14-22)26(31)30(38)35(27)17-20-8-4-3-5-9-20/h3-5,8-9,11-16,18-19,23-27H,6-7,10,17H2,1-2H3,(H,33,36)(H,34,37)/t18-,19+,23+,24-,25+,26-,27+,31+/m1/s1. The highest BCUT2D eigenvalue weighted by molar-refractivity contribution is 6.30. The number of hydrogen-bond donors (Lipinski definition) is 2. The van der Waals surface area contributed by atoms with Crippen LogP contribution in [0.25, 0.3) is 0 Å². The summed E-state index contributed by atoms with van der Waals surface area (Å²) in [5, 5.41) is 6.79. The Balaban J connectivity index is 1.32. The van der Waals surface area contributed by atoms with Crippen LogP contribution >= 0.6 is 11.6 Å². The molecule has 2 N–H and O–H groups in total. The summed E-state index contributed by atoms with van der Waals surface area (Å²) >= 11 is 6.00. The van der Waals surface area contributed by atoms with Crippen LogP contribution in [0, 0.1) is 23.7 Å². The highest BCUT2D eigenvalue weighted by Crippen LogP contribution is 2.55. The number of carbonyl (C=O) groups excluding carboxylic acids is 3. The number of amides is 3. The van der Waals surface area contributed by atoms with E-state index in [4.69, 9.17) is 16.3 Å². The van der Waals surface area contributed by atoms with Crippen molar-refractivity contribution < 1.29 is 19.1 Å². The van der Waals surface area contributed by atoms with Gasteiger partial charge in [-0.2, -0.15) is 0 Å². The monoisotopic (exact) mass is 547 g/mol. The molecule has 6 rings (SSSR count). The fourth-order valence-corrected chi connectivity index (χ4v) is 7.15. The van der Waals surface area contributed by atoms with Gasteiger partial charge in [0.15, 0.2) is 0 Å². The number of benzene rings is 2. The van der Waals surface area contributed by atoms with Gasteiger partial charge in [-0.05, 0) is 48.1 Å². The molecule has 2 aromatic rings. The average Bonchev–Trinajstić information content (AvgIpc) is 3.56. The molecule has 3 heterocycles. The maximum Gasteiger partial charge on any atom is 0.246 e. The SMILES string of the molecule is C[C@H]1[C@H](C)CCC[C@@H]1NC(=O)[C@@H]1N(Cc2ccccc2)C(=O)[C@H]2[C@@H](C(=O)Nc3ccc(Cl)cc3)[C@H]3C=C[C@@]12O3. The van der Waals surface area contributed by atoms with Gasteiger partial charge in [0.05, 0.1) is 17.9 Å². The van der Waals surface area contributed by atoms with Crippen molar-refractivity contribution in [3.63, 3.8) is 0 Å². The van der Waals surface area contributed by atoms with Gasteiger partial charge >= 0.3 is 0 Å². The molecule has 0 aromatic heterocycles. The van der Waals surface area contributed by atoms with E-state index in [1.165, 1.54) is 0 Å². The van der Waals surface area contributed by atoms with Crippen LogP contribution in [-0.2, 0) is 25.7 Å². The zero-order valence-electron chi connectivity index (χ0n) is 22.2. The second-order valence-electron chi connectivity index (χ2n) is 11.5. The number of nitrogens with zero attached hydrogens (tertiary/aromatic N) is 1. The van der Waals surface area contributed by atoms with Gasteiger partial charge in [-0.25, -0.2) is 0 Å². The molecule has 7 nitrogen and oxygen atoms in total. The molecule has 2 bridgehead atoms. The van der Waals surface area contributed by atoms with Gasteiger partial charge in [-0.1, -0.05) is 80.8 Å². The van der Waals surface area contributed by atoms with Crippen molar-refractivity contribution in [2.45, 2.75) is 63.4 Å². The minimum absolute atomic E-state index is 0.0389. The topological polar surface area (TPSA) is 87.7 Å². The third kappa shape index (κ3) is 4.45. The average molecular weight is 548 g/mol. The highest BCUT2D eigenvalue weighted by Gasteiger charge is 2.72. The molecule has 204 valence electrons. The lowest BCUT2D eigenvalue weighted by Crippen LogP contribution is -2.57. The number of likely N-dealkylation sites (tertiary alicyclic amines) is 1. The molecular formula is C31H34ClN3O4. The number of hydrogen-bond acceptors (Lipinski definition) is 4. The Kier molecular flexibility index (Phi) is 6.76. The Morgan fingerprint density at radius 1 is 1.05 bits per heavy atom. The number of nitrogens with one attached hydrogen (secondary N) is 2. The van der Waals surface area contributed by atoms with E-state index in [-0.39, 0.29) is 30.3 Å². The lowest BCUT2D eigenvalue weighted by Gasteiger charge is -2.38. The Labute approximate surface area is 233 Å². The van der Waals surface area contributed by atoms with Crippen molar-refractivity contribution in [2.24, 2.45) is 23.7 Å². The summed E-state index contributed by atoms with van der Waals surface area (Å²) in [6.45, 7) is 4.68. The summed E-state index contributed by atoms with van der Waals surface area (Å²) < 4.78 is 6.47. The smallest absolute Gasteiger partial charge is 0.246 e. The number of fused-ring (bicyclic) bond motifs is 1. The minimum Gasteiger partial charge on any atom is -0.359 e. The molecule has 1 spiro atoms. The van der Waals surface area contributed by atoms with E-state index in [0.29, 0.717) is 22.5 Å². The van der Waals surface area contributed by atoms with E-state index >= 15 is 0 Å². The Hall–Kier alpha value is -3.16. The summed E-state index contributed by atoms with van der Waals surface area (Å²) in [6.07, 6.45) is 6.25. The molecular weight excluding hydrogens is 514 g/mol. The van der Waals surface area contributed by atoms with E-state index in [2.05, 4.69) is 24.5 Å². The summed E-state index contributed by atoms with van der Waals surface area (Å²) in [5.74, 6) is -1.43. The second kappa shape index (κ2) is 10.1. The van der Waals surface area contributed by atoms with Crippen LogP contribution in [0.3, 0.4) is 0 Å². The molecule has 0 unspecified atom stereocenters. The first-order valence-electron chi connectivity index (χ1n) is 13.9. The summed E-state index contributed by atoms with van der Waals surface area (Å²) in [5.41, 5.74) is 0.318. The van der Waals surface area contributed by atoms with Crippen molar-refractivity contribution in [3.8, 4) is 0 Å². The predicted molar refractivity (Wildman–Crippen MR) is 149 cm³/mol. The van der Waals surface area contributed by atoms with Gasteiger partial charge in [0, 0.05) is 23.3 Å². The molecule has 8 heteroatoms. The molecule has 3 aliphatic heterocycles. The molecule has 0 radical (unpaired) electrons. The maximum absolute atomic E-state index is 14.1. The molecule has 4 aliphatic rings. The van der Waals surface area contributed by atoms with Crippen molar-refractivity contribution in [2.75, 3.05) is 5.32 Å². The number of carbonyl (C=O) groups is 3. The van der Waals surface area contributed by atoms with Gasteiger partial charge in [0.1, 0.15) is 11.6 Å². The van der Waals surface area contributed by atoms with Crippen molar-refractivity contribution in [3.05, 3.63) is 77.3 Å². The van der Waals surface area contributed by atoms with Crippen LogP contribution < -0.4 is 10.6 Å². The largest absolute Gasteiger partial charge is 0.359 e. The highest BCUT2D eigenvalue weighted by atomic mass is 35.5. The Morgan fingerprint density at radius 3 is 2.54 bits per heavy atom. The molecule has 1 aliphatic carbocycles. The Morgan fingerprint density at radius 2 is 1.79 bits per heavy atom. The van der Waals surface area contributed by atoms with Crippen LogP contribution in [0.15, 0.2) is 66.7 Å². The van der Waals surface area contributed by atoms with Gasteiger partial charge < -0.3 is 20.3 Å². The predicted octanol–water partition coefficient (Wildman–Crippen LogP) is 4.57. The van der Waals surface area contributed by atoms with Gasteiger partial charge in [-0.3, -0.25) is 14.4 Å². The normalized spacial score (nSPS) is 34.7. The first-order valence-corrected chi connectivity index (χ1v) is 14.2. The van der Waals surface area contributed by atoms with E-state index in [1.54, 1.807) is 29.2 Å². The number of rotatable bonds is 6. The van der Waals surface area contributed by atoms with Crippen LogP contribution in [0.1, 0.15) is 38.7 Å². The first kappa shape index (κ1) is 26.1. The van der Waals surface area contributed by atoms with E-state index in [0.717, 1.165) is 24.8 Å². The third-order valence-electron chi connectivity index (χ3n) is 9.27. The summed E-state index contributed by atoms with van der Waals surface area (Å²) in [6, 6.07) is 15.7. The minimum atomic E-state index is -1.19. The molecule has 1 saturated carbocycles. The van der Waals surface area contributed by atoms with Crippen molar-refractivity contribution >= 4 is 35.0 Å². The molecule has 2 aromatic carbocycles. The summed E-state index contributed by atoms with van der Waals surface area (Å²) in [4.78, 5) is 43.5. The van der Waals surface area contributed by atoms with E-state index in [9.17, 15) is 14.4 Å². The lowest BCUT2D eigenvalue weighted by atomic mass is 9.73. The number of halogens is 1. The van der Waals surface area contributed by atoms with Gasteiger partial charge in [-0.15, -0.1) is 0 Å². The van der Waals surface area contributed by atoms with Crippen molar-refractivity contribution in [1.29, 1.82) is 0 Å². The Bertz CT molecular complexity index is 1300. The zero-order chi connectivity index (χ0) is 27.3. The van der Waals surface area contributed by atoms with E-state index in [1.807, 2.05) is 42.5 Å². The molecule has 3 fully saturated rings. The molecule has 2 saturated heterocycles. The number of anilines is 1. The third-order valence-corrected chi connectivity index (χ3v) is 9.52. The maximum atomic E-state index is 14.1. The fourth-order valence-electron chi connectivity index (χ4n) is 7.02. The molecule has 39 heavy (non-hydrogen) atoms. The second-order valence-corrected chi connectivity index (χ2v) is 12.0. The van der Waals surface area contributed by atoms with Crippen LogP contribution in [0.5, 0.6) is 0 Å². The van der Waals surface area contributed by atoms with Gasteiger partial charge in [0.2, 0.25) is 17.7 Å². The first-order chi connectivity index (χ1) is 18.8. The van der Waals surface area contributed by atoms with Crippen LogP contribution in [0.2, 0.25) is 5.02 Å². The van der Waals surface area contributed by atoms with Gasteiger partial charge in [0.25, 0.3) is 0 Å². The van der Waals surface area contributed by atoms with E-state index < -0.39 is 29.6 Å². The van der Waals surface area contributed by atoms with Crippen LogP contribution in [0.4, 0.5) is 5.69 Å². The lowest BCUT2D eigenvalue weighted by molar-refractivity contribution is -0.142.